The van der Waals surface area contributed by atoms with Gasteiger partial charge in [-0.25, -0.2) is 0 Å². The summed E-state index contributed by atoms with van der Waals surface area (Å²) in [7, 11) is 0. The number of anilines is 1. The smallest absolute Gasteiger partial charge is 0.291 e. The predicted octanol–water partition coefficient (Wildman–Crippen LogP) is 4.35. The zero-order chi connectivity index (χ0) is 16.9. The molecule has 2 aromatic heterocycles. The van der Waals surface area contributed by atoms with Crippen LogP contribution in [0, 0.1) is 6.92 Å². The number of nitrogens with one attached hydrogen (secondary N) is 2. The fraction of sp³-hybridized carbons (Fsp3) is 0.444. The molecule has 1 aliphatic carbocycles. The van der Waals surface area contributed by atoms with E-state index < -0.39 is 0 Å². The third-order valence-electron chi connectivity index (χ3n) is 4.30. The summed E-state index contributed by atoms with van der Waals surface area (Å²) in [5, 5.41) is 6.58. The van der Waals surface area contributed by atoms with Crippen molar-refractivity contribution in [3.8, 4) is 0 Å². The van der Waals surface area contributed by atoms with Gasteiger partial charge < -0.3 is 15.1 Å². The second kappa shape index (κ2) is 7.66. The van der Waals surface area contributed by atoms with Crippen molar-refractivity contribution in [2.24, 2.45) is 0 Å². The molecule has 24 heavy (non-hydrogen) atoms. The van der Waals surface area contributed by atoms with Crippen molar-refractivity contribution in [2.75, 3.05) is 5.32 Å². The van der Waals surface area contributed by atoms with Gasteiger partial charge in [-0.05, 0) is 43.5 Å². The molecule has 0 atom stereocenters. The minimum Gasteiger partial charge on any atom is -0.459 e. The molecule has 0 spiro atoms. The second-order valence-corrected chi connectivity index (χ2v) is 7.27. The van der Waals surface area contributed by atoms with E-state index in [0.717, 1.165) is 18.4 Å². The van der Waals surface area contributed by atoms with E-state index in [1.807, 2.05) is 13.0 Å². The molecule has 0 aliphatic heterocycles. The highest BCUT2D eigenvalue weighted by molar-refractivity contribution is 7.18. The van der Waals surface area contributed by atoms with Crippen LogP contribution in [0.4, 0.5) is 5.00 Å². The van der Waals surface area contributed by atoms with Crippen molar-refractivity contribution in [1.29, 1.82) is 0 Å². The Bertz CT molecular complexity index is 698. The Balaban J connectivity index is 1.64. The lowest BCUT2D eigenvalue weighted by atomic mass is 10.1. The maximum Gasteiger partial charge on any atom is 0.291 e. The molecule has 0 unspecified atom stereocenters. The summed E-state index contributed by atoms with van der Waals surface area (Å²) >= 11 is 1.30. The molecular formula is C18H22N2O3S. The van der Waals surface area contributed by atoms with Crippen molar-refractivity contribution < 1.29 is 14.0 Å². The molecule has 1 fully saturated rings. The Morgan fingerprint density at radius 2 is 1.92 bits per heavy atom. The van der Waals surface area contributed by atoms with Crippen LogP contribution in [0.15, 0.2) is 28.9 Å². The van der Waals surface area contributed by atoms with Crippen LogP contribution in [0.3, 0.4) is 0 Å². The third-order valence-corrected chi connectivity index (χ3v) is 5.45. The minimum absolute atomic E-state index is 0.0390. The molecule has 2 N–H and O–H groups in total. The Labute approximate surface area is 145 Å². The van der Waals surface area contributed by atoms with Crippen LogP contribution < -0.4 is 10.6 Å². The van der Waals surface area contributed by atoms with E-state index in [1.54, 1.807) is 12.1 Å². The maximum atomic E-state index is 12.5. The number of rotatable bonds is 4. The summed E-state index contributed by atoms with van der Waals surface area (Å²) in [5.41, 5.74) is 0.876. The number of thiophene rings is 1. The van der Waals surface area contributed by atoms with E-state index in [1.165, 1.54) is 43.3 Å². The SMILES string of the molecule is Cc1cc(NC(=O)c2ccco2)sc1C(=O)NC1CCCCCC1. The first kappa shape index (κ1) is 16.8. The summed E-state index contributed by atoms with van der Waals surface area (Å²) in [5.74, 6) is -0.0922. The Morgan fingerprint density at radius 1 is 1.17 bits per heavy atom. The van der Waals surface area contributed by atoms with Crippen molar-refractivity contribution in [3.05, 3.63) is 40.7 Å². The van der Waals surface area contributed by atoms with Crippen molar-refractivity contribution in [2.45, 2.75) is 51.5 Å². The van der Waals surface area contributed by atoms with Crippen LogP contribution in [0.2, 0.25) is 0 Å². The minimum atomic E-state index is -0.308. The average Bonchev–Trinajstić information content (AvgIpc) is 3.13. The molecule has 0 bridgehead atoms. The summed E-state index contributed by atoms with van der Waals surface area (Å²) < 4.78 is 5.08. The van der Waals surface area contributed by atoms with Crippen molar-refractivity contribution >= 4 is 28.2 Å². The molecule has 1 saturated carbocycles. The lowest BCUT2D eigenvalue weighted by Crippen LogP contribution is -2.34. The number of aryl methyl sites for hydroxylation is 1. The van der Waals surface area contributed by atoms with E-state index in [-0.39, 0.29) is 23.6 Å². The molecule has 2 amide bonds. The lowest BCUT2D eigenvalue weighted by Gasteiger charge is -2.15. The van der Waals surface area contributed by atoms with Gasteiger partial charge in [-0.3, -0.25) is 9.59 Å². The molecule has 1 aliphatic rings. The molecule has 5 nitrogen and oxygen atoms in total. The van der Waals surface area contributed by atoms with Crippen LogP contribution in [0.1, 0.15) is 64.3 Å². The van der Waals surface area contributed by atoms with Crippen molar-refractivity contribution in [1.82, 2.24) is 5.32 Å². The van der Waals surface area contributed by atoms with E-state index in [2.05, 4.69) is 10.6 Å². The molecule has 3 rings (SSSR count). The van der Waals surface area contributed by atoms with Crippen LogP contribution in [0.25, 0.3) is 0 Å². The number of amides is 2. The third kappa shape index (κ3) is 4.06. The van der Waals surface area contributed by atoms with Crippen LogP contribution >= 0.6 is 11.3 Å². The fourth-order valence-electron chi connectivity index (χ4n) is 3.03. The highest BCUT2D eigenvalue weighted by Crippen LogP contribution is 2.28. The summed E-state index contributed by atoms with van der Waals surface area (Å²) in [6.45, 7) is 1.89. The Kier molecular flexibility index (Phi) is 5.35. The van der Waals surface area contributed by atoms with E-state index in [4.69, 9.17) is 4.42 Å². The van der Waals surface area contributed by atoms with E-state index in [0.29, 0.717) is 9.88 Å². The zero-order valence-electron chi connectivity index (χ0n) is 13.8. The summed E-state index contributed by atoms with van der Waals surface area (Å²) in [6, 6.07) is 5.37. The number of furan rings is 1. The Morgan fingerprint density at radius 3 is 2.58 bits per heavy atom. The number of carbonyl (C=O) groups excluding carboxylic acids is 2. The zero-order valence-corrected chi connectivity index (χ0v) is 14.6. The van der Waals surface area contributed by atoms with Gasteiger partial charge in [0.1, 0.15) is 0 Å². The van der Waals surface area contributed by atoms with E-state index >= 15 is 0 Å². The van der Waals surface area contributed by atoms with E-state index in [9.17, 15) is 9.59 Å². The predicted molar refractivity (Wildman–Crippen MR) is 94.7 cm³/mol. The van der Waals surface area contributed by atoms with Gasteiger partial charge in [0.05, 0.1) is 16.1 Å². The van der Waals surface area contributed by atoms with Crippen LogP contribution in [-0.4, -0.2) is 17.9 Å². The monoisotopic (exact) mass is 346 g/mol. The van der Waals surface area contributed by atoms with Crippen molar-refractivity contribution in [3.63, 3.8) is 0 Å². The maximum absolute atomic E-state index is 12.5. The molecule has 0 aromatic carbocycles. The van der Waals surface area contributed by atoms with Gasteiger partial charge in [0.15, 0.2) is 5.76 Å². The molecule has 0 saturated heterocycles. The molecule has 6 heteroatoms. The van der Waals surface area contributed by atoms with Crippen LogP contribution in [-0.2, 0) is 0 Å². The van der Waals surface area contributed by atoms with Gasteiger partial charge in [0, 0.05) is 6.04 Å². The first-order chi connectivity index (χ1) is 11.6. The number of carbonyl (C=O) groups is 2. The van der Waals surface area contributed by atoms with Gasteiger partial charge in [0.2, 0.25) is 0 Å². The fourth-order valence-corrected chi connectivity index (χ4v) is 4.00. The van der Waals surface area contributed by atoms with Crippen LogP contribution in [0.5, 0.6) is 0 Å². The van der Waals surface area contributed by atoms with Gasteiger partial charge in [-0.2, -0.15) is 0 Å². The average molecular weight is 346 g/mol. The second-order valence-electron chi connectivity index (χ2n) is 6.22. The summed E-state index contributed by atoms with van der Waals surface area (Å²) in [4.78, 5) is 25.2. The molecule has 128 valence electrons. The quantitative estimate of drug-likeness (QED) is 0.808. The number of hydrogen-bond donors (Lipinski definition) is 2. The first-order valence-corrected chi connectivity index (χ1v) is 9.21. The largest absolute Gasteiger partial charge is 0.459 e. The summed E-state index contributed by atoms with van der Waals surface area (Å²) in [6.07, 6.45) is 8.44. The highest BCUT2D eigenvalue weighted by atomic mass is 32.1. The topological polar surface area (TPSA) is 71.3 Å². The standard InChI is InChI=1S/C18H22N2O3S/c1-12-11-15(20-17(21)14-9-6-10-23-14)24-16(12)18(22)19-13-7-4-2-3-5-8-13/h6,9-11,13H,2-5,7-8H2,1H3,(H,19,22)(H,20,21). The van der Waals surface area contributed by atoms with Gasteiger partial charge in [-0.15, -0.1) is 11.3 Å². The molecule has 2 aromatic rings. The highest BCUT2D eigenvalue weighted by Gasteiger charge is 2.20. The molecule has 2 heterocycles. The first-order valence-electron chi connectivity index (χ1n) is 8.39. The number of hydrogen-bond acceptors (Lipinski definition) is 4. The molecule has 0 radical (unpaired) electrons. The normalized spacial score (nSPS) is 15.7. The van der Waals surface area contributed by atoms with Gasteiger partial charge in [0.25, 0.3) is 11.8 Å². The van der Waals surface area contributed by atoms with Gasteiger partial charge in [-0.1, -0.05) is 25.7 Å². The Hall–Kier alpha value is -2.08. The molecular weight excluding hydrogens is 324 g/mol. The van der Waals surface area contributed by atoms with Gasteiger partial charge >= 0.3 is 0 Å². The lowest BCUT2D eigenvalue weighted by molar-refractivity contribution is 0.0936.